The summed E-state index contributed by atoms with van der Waals surface area (Å²) in [5.41, 5.74) is 0.909. The number of hydrogen-bond acceptors (Lipinski definition) is 2. The molecule has 0 aliphatic carbocycles. The van der Waals surface area contributed by atoms with Crippen LogP contribution in [0.5, 0.6) is 5.88 Å². The third-order valence-corrected chi connectivity index (χ3v) is 2.57. The molecule has 1 aromatic rings. The Kier molecular flexibility index (Phi) is 3.80. The highest BCUT2D eigenvalue weighted by molar-refractivity contribution is 9.08. The van der Waals surface area contributed by atoms with E-state index in [-0.39, 0.29) is 11.4 Å². The highest BCUT2D eigenvalue weighted by Gasteiger charge is 2.18. The average Bonchev–Trinajstić information content (AvgIpc) is 2.16. The zero-order valence-corrected chi connectivity index (χ0v) is 9.44. The molecule has 78 valence electrons. The van der Waals surface area contributed by atoms with Crippen molar-refractivity contribution in [3.8, 4) is 5.88 Å². The quantitative estimate of drug-likeness (QED) is 0.783. The first kappa shape index (κ1) is 11.4. The van der Waals surface area contributed by atoms with Gasteiger partial charge in [-0.25, -0.2) is 13.8 Å². The molecule has 0 bridgehead atoms. The van der Waals surface area contributed by atoms with Crippen molar-refractivity contribution >= 4 is 15.9 Å². The van der Waals surface area contributed by atoms with Crippen molar-refractivity contribution in [1.82, 2.24) is 4.98 Å². The van der Waals surface area contributed by atoms with Crippen LogP contribution in [0.15, 0.2) is 6.20 Å². The zero-order valence-electron chi connectivity index (χ0n) is 7.85. The SMILES string of the molecule is COc1ncc(CBr)c(C(F)F)c1C. The lowest BCUT2D eigenvalue weighted by Crippen LogP contribution is -2.01. The normalized spacial score (nSPS) is 10.7. The summed E-state index contributed by atoms with van der Waals surface area (Å²) >= 11 is 3.14. The first-order valence-corrected chi connectivity index (χ1v) is 5.10. The smallest absolute Gasteiger partial charge is 0.264 e. The molecule has 0 saturated carbocycles. The van der Waals surface area contributed by atoms with Gasteiger partial charge >= 0.3 is 0 Å². The Morgan fingerprint density at radius 3 is 2.64 bits per heavy atom. The number of nitrogens with zero attached hydrogens (tertiary/aromatic N) is 1. The van der Waals surface area contributed by atoms with Crippen LogP contribution >= 0.6 is 15.9 Å². The predicted octanol–water partition coefficient (Wildman–Crippen LogP) is 3.23. The van der Waals surface area contributed by atoms with Crippen LogP contribution in [0.25, 0.3) is 0 Å². The molecule has 0 saturated heterocycles. The van der Waals surface area contributed by atoms with Crippen LogP contribution in [0.4, 0.5) is 8.78 Å². The van der Waals surface area contributed by atoms with E-state index in [2.05, 4.69) is 20.9 Å². The van der Waals surface area contributed by atoms with E-state index < -0.39 is 6.43 Å². The third-order valence-electron chi connectivity index (χ3n) is 1.96. The highest BCUT2D eigenvalue weighted by Crippen LogP contribution is 2.31. The van der Waals surface area contributed by atoms with Crippen LogP contribution in [0.2, 0.25) is 0 Å². The van der Waals surface area contributed by atoms with Crippen molar-refractivity contribution in [2.75, 3.05) is 7.11 Å². The number of hydrogen-bond donors (Lipinski definition) is 0. The zero-order chi connectivity index (χ0) is 10.7. The number of halogens is 3. The Morgan fingerprint density at radius 2 is 2.21 bits per heavy atom. The molecule has 0 spiro atoms. The van der Waals surface area contributed by atoms with Gasteiger partial charge in [-0.2, -0.15) is 0 Å². The maximum absolute atomic E-state index is 12.7. The van der Waals surface area contributed by atoms with Crippen LogP contribution < -0.4 is 4.74 Å². The van der Waals surface area contributed by atoms with E-state index in [0.717, 1.165) is 0 Å². The highest BCUT2D eigenvalue weighted by atomic mass is 79.9. The van der Waals surface area contributed by atoms with Crippen molar-refractivity contribution in [1.29, 1.82) is 0 Å². The summed E-state index contributed by atoms with van der Waals surface area (Å²) < 4.78 is 30.3. The summed E-state index contributed by atoms with van der Waals surface area (Å²) in [7, 11) is 1.42. The Balaban J connectivity index is 3.31. The lowest BCUT2D eigenvalue weighted by molar-refractivity contribution is 0.149. The standard InChI is InChI=1S/C9H10BrF2NO/c1-5-7(8(11)12)6(3-10)4-13-9(5)14-2/h4,8H,3H2,1-2H3. The summed E-state index contributed by atoms with van der Waals surface area (Å²) in [5.74, 6) is 0.255. The van der Waals surface area contributed by atoms with Crippen molar-refractivity contribution in [3.63, 3.8) is 0 Å². The summed E-state index contributed by atoms with van der Waals surface area (Å²) in [4.78, 5) is 3.93. The number of aromatic nitrogens is 1. The second-order valence-electron chi connectivity index (χ2n) is 2.77. The molecule has 0 amide bonds. The lowest BCUT2D eigenvalue weighted by atomic mass is 10.1. The van der Waals surface area contributed by atoms with Crippen LogP contribution in [0, 0.1) is 6.92 Å². The molecule has 0 radical (unpaired) electrons. The molecule has 0 aliphatic rings. The van der Waals surface area contributed by atoms with Gasteiger partial charge in [0.05, 0.1) is 7.11 Å². The van der Waals surface area contributed by atoms with E-state index in [1.165, 1.54) is 13.3 Å². The number of methoxy groups -OCH3 is 1. The fourth-order valence-electron chi connectivity index (χ4n) is 1.28. The van der Waals surface area contributed by atoms with Gasteiger partial charge in [-0.15, -0.1) is 0 Å². The predicted molar refractivity (Wildman–Crippen MR) is 53.1 cm³/mol. The summed E-state index contributed by atoms with van der Waals surface area (Å²) in [6.07, 6.45) is -1.10. The molecule has 1 aromatic heterocycles. The molecular weight excluding hydrogens is 256 g/mol. The van der Waals surface area contributed by atoms with Gasteiger partial charge in [-0.05, 0) is 12.5 Å². The van der Waals surface area contributed by atoms with Gasteiger partial charge in [0, 0.05) is 22.7 Å². The molecule has 1 rings (SSSR count). The van der Waals surface area contributed by atoms with Gasteiger partial charge in [0.1, 0.15) is 0 Å². The summed E-state index contributed by atoms with van der Waals surface area (Å²) in [6.45, 7) is 1.58. The van der Waals surface area contributed by atoms with Crippen molar-refractivity contribution in [3.05, 3.63) is 22.9 Å². The summed E-state index contributed by atoms with van der Waals surface area (Å²) in [5, 5.41) is 0.366. The van der Waals surface area contributed by atoms with Crippen molar-refractivity contribution in [2.45, 2.75) is 18.7 Å². The molecule has 0 aromatic carbocycles. The topological polar surface area (TPSA) is 22.1 Å². The second-order valence-corrected chi connectivity index (χ2v) is 3.33. The number of pyridine rings is 1. The largest absolute Gasteiger partial charge is 0.481 e. The second kappa shape index (κ2) is 4.68. The Labute approximate surface area is 89.4 Å². The lowest BCUT2D eigenvalue weighted by Gasteiger charge is -2.12. The fourth-order valence-corrected chi connectivity index (χ4v) is 1.72. The minimum atomic E-state index is -2.50. The van der Waals surface area contributed by atoms with E-state index in [0.29, 0.717) is 16.5 Å². The van der Waals surface area contributed by atoms with Gasteiger partial charge in [-0.1, -0.05) is 15.9 Å². The Hall–Kier alpha value is -0.710. The van der Waals surface area contributed by atoms with Gasteiger partial charge in [0.25, 0.3) is 6.43 Å². The molecule has 5 heteroatoms. The molecule has 0 N–H and O–H groups in total. The summed E-state index contributed by atoms with van der Waals surface area (Å²) in [6, 6.07) is 0. The van der Waals surface area contributed by atoms with Crippen LogP contribution in [0.1, 0.15) is 23.1 Å². The van der Waals surface area contributed by atoms with E-state index in [9.17, 15) is 8.78 Å². The van der Waals surface area contributed by atoms with Gasteiger partial charge in [0.15, 0.2) is 0 Å². The molecule has 2 nitrogen and oxygen atoms in total. The average molecular weight is 266 g/mol. The number of ether oxygens (including phenoxy) is 1. The molecular formula is C9H10BrF2NO. The van der Waals surface area contributed by atoms with E-state index in [4.69, 9.17) is 4.74 Å². The molecule has 0 unspecified atom stereocenters. The molecule has 1 heterocycles. The minimum absolute atomic E-state index is 0.00808. The van der Waals surface area contributed by atoms with Crippen molar-refractivity contribution in [2.24, 2.45) is 0 Å². The molecule has 14 heavy (non-hydrogen) atoms. The van der Waals surface area contributed by atoms with E-state index in [1.807, 2.05) is 0 Å². The van der Waals surface area contributed by atoms with E-state index in [1.54, 1.807) is 6.92 Å². The maximum Gasteiger partial charge on any atom is 0.264 e. The van der Waals surface area contributed by atoms with Gasteiger partial charge in [0.2, 0.25) is 5.88 Å². The first-order valence-electron chi connectivity index (χ1n) is 3.98. The number of alkyl halides is 3. The minimum Gasteiger partial charge on any atom is -0.481 e. The Morgan fingerprint density at radius 1 is 1.57 bits per heavy atom. The van der Waals surface area contributed by atoms with Crippen molar-refractivity contribution < 1.29 is 13.5 Å². The third kappa shape index (κ3) is 2.03. The Bertz CT molecular complexity index is 331. The molecule has 0 aliphatic heterocycles. The van der Waals surface area contributed by atoms with Crippen LogP contribution in [-0.2, 0) is 5.33 Å². The maximum atomic E-state index is 12.7. The monoisotopic (exact) mass is 265 g/mol. The molecule has 0 atom stereocenters. The molecule has 0 fully saturated rings. The van der Waals surface area contributed by atoms with Gasteiger partial charge < -0.3 is 4.74 Å². The fraction of sp³-hybridized carbons (Fsp3) is 0.444. The first-order chi connectivity index (χ1) is 6.61. The number of rotatable bonds is 3. The van der Waals surface area contributed by atoms with E-state index >= 15 is 0 Å². The van der Waals surface area contributed by atoms with Gasteiger partial charge in [-0.3, -0.25) is 0 Å². The van der Waals surface area contributed by atoms with Crippen LogP contribution in [-0.4, -0.2) is 12.1 Å². The van der Waals surface area contributed by atoms with Crippen LogP contribution in [0.3, 0.4) is 0 Å².